The van der Waals surface area contributed by atoms with E-state index in [1.54, 1.807) is 11.8 Å². The van der Waals surface area contributed by atoms with Crippen molar-refractivity contribution >= 4 is 27.7 Å². The summed E-state index contributed by atoms with van der Waals surface area (Å²) in [4.78, 5) is 1.25. The van der Waals surface area contributed by atoms with Gasteiger partial charge in [0.25, 0.3) is 0 Å². The summed E-state index contributed by atoms with van der Waals surface area (Å²) in [6, 6.07) is 10.4. The second kappa shape index (κ2) is 4.86. The van der Waals surface area contributed by atoms with Crippen molar-refractivity contribution in [1.82, 2.24) is 9.78 Å². The van der Waals surface area contributed by atoms with Crippen LogP contribution in [0.4, 0.5) is 0 Å². The van der Waals surface area contributed by atoms with Crippen LogP contribution < -0.4 is 0 Å². The van der Waals surface area contributed by atoms with Gasteiger partial charge >= 0.3 is 0 Å². The lowest BCUT2D eigenvalue weighted by atomic mass is 10.3. The van der Waals surface area contributed by atoms with Crippen molar-refractivity contribution in [3.8, 4) is 5.69 Å². The Morgan fingerprint density at radius 1 is 1.40 bits per heavy atom. The van der Waals surface area contributed by atoms with Gasteiger partial charge in [-0.05, 0) is 30.5 Å². The van der Waals surface area contributed by atoms with Crippen LogP contribution in [-0.4, -0.2) is 16.0 Å². The summed E-state index contributed by atoms with van der Waals surface area (Å²) in [5.74, 6) is 0. The SMILES string of the molecule is CSc1cccc(-n2ccc(CBr)n2)c1. The van der Waals surface area contributed by atoms with Crippen molar-refractivity contribution in [2.75, 3.05) is 6.26 Å². The van der Waals surface area contributed by atoms with E-state index in [1.165, 1.54) is 4.90 Å². The van der Waals surface area contributed by atoms with Crippen LogP contribution in [0.1, 0.15) is 5.69 Å². The molecule has 2 nitrogen and oxygen atoms in total. The molecule has 0 fully saturated rings. The average molecular weight is 283 g/mol. The second-order valence-electron chi connectivity index (χ2n) is 3.09. The molecular formula is C11H11BrN2S. The van der Waals surface area contributed by atoms with Crippen LogP contribution in [0.25, 0.3) is 5.69 Å². The third-order valence-electron chi connectivity index (χ3n) is 2.10. The Kier molecular flexibility index (Phi) is 3.49. The zero-order valence-electron chi connectivity index (χ0n) is 8.35. The number of aromatic nitrogens is 2. The number of hydrogen-bond acceptors (Lipinski definition) is 2. The van der Waals surface area contributed by atoms with E-state index in [-0.39, 0.29) is 0 Å². The Balaban J connectivity index is 2.35. The maximum absolute atomic E-state index is 4.43. The van der Waals surface area contributed by atoms with E-state index < -0.39 is 0 Å². The first-order chi connectivity index (χ1) is 7.33. The molecule has 78 valence electrons. The predicted octanol–water partition coefficient (Wildman–Crippen LogP) is 3.49. The van der Waals surface area contributed by atoms with E-state index >= 15 is 0 Å². The largest absolute Gasteiger partial charge is 0.241 e. The van der Waals surface area contributed by atoms with Crippen LogP contribution in [0.2, 0.25) is 0 Å². The van der Waals surface area contributed by atoms with Gasteiger partial charge in [-0.3, -0.25) is 0 Å². The van der Waals surface area contributed by atoms with E-state index in [0.29, 0.717) is 0 Å². The van der Waals surface area contributed by atoms with Crippen molar-refractivity contribution in [2.24, 2.45) is 0 Å². The van der Waals surface area contributed by atoms with Crippen molar-refractivity contribution in [3.05, 3.63) is 42.2 Å². The molecule has 0 atom stereocenters. The van der Waals surface area contributed by atoms with E-state index in [4.69, 9.17) is 0 Å². The quantitative estimate of drug-likeness (QED) is 0.634. The van der Waals surface area contributed by atoms with Gasteiger partial charge in [0.05, 0.1) is 11.4 Å². The summed E-state index contributed by atoms with van der Waals surface area (Å²) in [5.41, 5.74) is 2.15. The van der Waals surface area contributed by atoms with Gasteiger partial charge in [-0.15, -0.1) is 11.8 Å². The second-order valence-corrected chi connectivity index (χ2v) is 4.53. The Hall–Kier alpha value is -0.740. The Bertz CT molecular complexity index is 453. The van der Waals surface area contributed by atoms with Crippen molar-refractivity contribution < 1.29 is 0 Å². The molecular weight excluding hydrogens is 272 g/mol. The Morgan fingerprint density at radius 2 is 2.27 bits per heavy atom. The van der Waals surface area contributed by atoms with E-state index in [9.17, 15) is 0 Å². The molecule has 4 heteroatoms. The fourth-order valence-electron chi connectivity index (χ4n) is 1.33. The van der Waals surface area contributed by atoms with Gasteiger partial charge in [-0.25, -0.2) is 4.68 Å². The number of hydrogen-bond donors (Lipinski definition) is 0. The maximum atomic E-state index is 4.43. The molecule has 0 aliphatic carbocycles. The van der Waals surface area contributed by atoms with Crippen LogP contribution in [-0.2, 0) is 5.33 Å². The standard InChI is InChI=1S/C11H11BrN2S/c1-15-11-4-2-3-10(7-11)14-6-5-9(8-12)13-14/h2-7H,8H2,1H3. The summed E-state index contributed by atoms with van der Waals surface area (Å²) < 4.78 is 1.90. The molecule has 0 saturated carbocycles. The van der Waals surface area contributed by atoms with E-state index in [2.05, 4.69) is 51.5 Å². The van der Waals surface area contributed by atoms with Gasteiger partial charge in [0.15, 0.2) is 0 Å². The fourth-order valence-corrected chi connectivity index (χ4v) is 2.08. The third kappa shape index (κ3) is 2.44. The summed E-state index contributed by atoms with van der Waals surface area (Å²) in [7, 11) is 0. The highest BCUT2D eigenvalue weighted by Gasteiger charge is 2.00. The highest BCUT2D eigenvalue weighted by Crippen LogP contribution is 2.18. The molecule has 0 N–H and O–H groups in total. The van der Waals surface area contributed by atoms with Gasteiger partial charge in [-0.1, -0.05) is 22.0 Å². The summed E-state index contributed by atoms with van der Waals surface area (Å²) in [6.07, 6.45) is 4.06. The topological polar surface area (TPSA) is 17.8 Å². The number of nitrogens with zero attached hydrogens (tertiary/aromatic N) is 2. The minimum Gasteiger partial charge on any atom is -0.241 e. The lowest BCUT2D eigenvalue weighted by Crippen LogP contribution is -1.95. The van der Waals surface area contributed by atoms with Gasteiger partial charge in [0, 0.05) is 16.4 Å². The first-order valence-corrected chi connectivity index (χ1v) is 6.93. The molecule has 0 spiro atoms. The zero-order valence-corrected chi connectivity index (χ0v) is 10.8. The molecule has 0 bridgehead atoms. The highest BCUT2D eigenvalue weighted by molar-refractivity contribution is 9.08. The van der Waals surface area contributed by atoms with Crippen LogP contribution >= 0.6 is 27.7 Å². The van der Waals surface area contributed by atoms with Crippen molar-refractivity contribution in [1.29, 1.82) is 0 Å². The Labute approximate surface area is 102 Å². The van der Waals surface area contributed by atoms with Gasteiger partial charge < -0.3 is 0 Å². The summed E-state index contributed by atoms with van der Waals surface area (Å²) >= 11 is 5.13. The van der Waals surface area contributed by atoms with Crippen molar-refractivity contribution in [2.45, 2.75) is 10.2 Å². The van der Waals surface area contributed by atoms with Crippen LogP contribution in [0, 0.1) is 0 Å². The minimum atomic E-state index is 0.794. The van der Waals surface area contributed by atoms with Gasteiger partial charge in [0.1, 0.15) is 0 Å². The molecule has 2 aromatic rings. The number of thioether (sulfide) groups is 1. The molecule has 0 radical (unpaired) electrons. The number of alkyl halides is 1. The van der Waals surface area contributed by atoms with E-state index in [1.807, 2.05) is 16.9 Å². The number of benzene rings is 1. The zero-order chi connectivity index (χ0) is 10.7. The molecule has 0 aliphatic rings. The third-order valence-corrected chi connectivity index (χ3v) is 3.40. The smallest absolute Gasteiger partial charge is 0.0734 e. The number of halogens is 1. The molecule has 1 aromatic heterocycles. The monoisotopic (exact) mass is 282 g/mol. The lowest BCUT2D eigenvalue weighted by Gasteiger charge is -2.02. The first-order valence-electron chi connectivity index (χ1n) is 4.58. The average Bonchev–Trinajstić information content (AvgIpc) is 2.78. The molecule has 0 aliphatic heterocycles. The lowest BCUT2D eigenvalue weighted by molar-refractivity contribution is 0.857. The minimum absolute atomic E-state index is 0.794. The molecule has 1 aromatic carbocycles. The van der Waals surface area contributed by atoms with Crippen molar-refractivity contribution in [3.63, 3.8) is 0 Å². The van der Waals surface area contributed by atoms with Crippen LogP contribution in [0.15, 0.2) is 41.4 Å². The fraction of sp³-hybridized carbons (Fsp3) is 0.182. The summed E-state index contributed by atoms with van der Waals surface area (Å²) in [5, 5.41) is 5.23. The number of rotatable bonds is 3. The summed E-state index contributed by atoms with van der Waals surface area (Å²) in [6.45, 7) is 0. The Morgan fingerprint density at radius 3 is 2.93 bits per heavy atom. The normalized spacial score (nSPS) is 10.5. The molecule has 0 unspecified atom stereocenters. The van der Waals surface area contributed by atoms with Gasteiger partial charge in [0.2, 0.25) is 0 Å². The van der Waals surface area contributed by atoms with Gasteiger partial charge in [-0.2, -0.15) is 5.10 Å². The van der Waals surface area contributed by atoms with E-state index in [0.717, 1.165) is 16.7 Å². The molecule has 0 amide bonds. The molecule has 1 heterocycles. The van der Waals surface area contributed by atoms with Crippen LogP contribution in [0.3, 0.4) is 0 Å². The maximum Gasteiger partial charge on any atom is 0.0734 e. The highest BCUT2D eigenvalue weighted by atomic mass is 79.9. The molecule has 15 heavy (non-hydrogen) atoms. The first kappa shape index (κ1) is 10.8. The van der Waals surface area contributed by atoms with Crippen LogP contribution in [0.5, 0.6) is 0 Å². The molecule has 0 saturated heterocycles. The molecule has 2 rings (SSSR count). The predicted molar refractivity (Wildman–Crippen MR) is 68.0 cm³/mol.